The van der Waals surface area contributed by atoms with E-state index in [0.29, 0.717) is 13.0 Å². The van der Waals surface area contributed by atoms with Crippen LogP contribution in [0.2, 0.25) is 0 Å². The van der Waals surface area contributed by atoms with Crippen LogP contribution in [0.4, 0.5) is 0 Å². The Balaban J connectivity index is 3.54. The Morgan fingerprint density at radius 2 is 1.88 bits per heavy atom. The molecule has 0 amide bonds. The van der Waals surface area contributed by atoms with E-state index in [2.05, 4.69) is 19.1 Å². The van der Waals surface area contributed by atoms with E-state index in [1.165, 1.54) is 13.8 Å². The van der Waals surface area contributed by atoms with Crippen LogP contribution in [0.15, 0.2) is 24.3 Å². The molecule has 0 radical (unpaired) electrons. The highest BCUT2D eigenvalue weighted by Gasteiger charge is 2.24. The van der Waals surface area contributed by atoms with Gasteiger partial charge in [-0.05, 0) is 33.1 Å². The van der Waals surface area contributed by atoms with Crippen molar-refractivity contribution in [1.29, 1.82) is 0 Å². The van der Waals surface area contributed by atoms with Crippen molar-refractivity contribution in [3.63, 3.8) is 0 Å². The molecule has 0 aliphatic carbocycles. The molecule has 0 aromatic heterocycles. The molecule has 0 fully saturated rings. The third-order valence-corrected chi connectivity index (χ3v) is 1.86. The van der Waals surface area contributed by atoms with E-state index >= 15 is 0 Å². The first-order chi connectivity index (χ1) is 7.48. The van der Waals surface area contributed by atoms with Gasteiger partial charge in [0, 0.05) is 0 Å². The summed E-state index contributed by atoms with van der Waals surface area (Å²) in [6.07, 6.45) is 10.9. The van der Waals surface area contributed by atoms with Crippen LogP contribution in [-0.4, -0.2) is 23.3 Å². The van der Waals surface area contributed by atoms with Crippen molar-refractivity contribution in [3.8, 4) is 0 Å². The molecule has 0 aliphatic rings. The average molecular weight is 226 g/mol. The Morgan fingerprint density at radius 3 is 2.44 bits per heavy atom. The van der Waals surface area contributed by atoms with Gasteiger partial charge >= 0.3 is 5.97 Å². The predicted molar refractivity (Wildman–Crippen MR) is 65.1 cm³/mol. The summed E-state index contributed by atoms with van der Waals surface area (Å²) in [7, 11) is 0. The molecule has 0 aromatic rings. The number of allylic oxidation sites excluding steroid dienone is 3. The second-order valence-electron chi connectivity index (χ2n) is 4.07. The van der Waals surface area contributed by atoms with Crippen LogP contribution in [-0.2, 0) is 9.53 Å². The lowest BCUT2D eigenvalue weighted by Gasteiger charge is -2.14. The molecule has 1 N–H and O–H groups in total. The van der Waals surface area contributed by atoms with E-state index in [-0.39, 0.29) is 0 Å². The molecule has 0 bridgehead atoms. The van der Waals surface area contributed by atoms with E-state index in [9.17, 15) is 9.90 Å². The second kappa shape index (κ2) is 8.11. The smallest absolute Gasteiger partial charge is 0.337 e. The highest BCUT2D eigenvalue weighted by atomic mass is 16.5. The fourth-order valence-corrected chi connectivity index (χ4v) is 0.952. The SMILES string of the molecule is CCC=CCC=CCCOC(=O)C(C)(C)O. The molecule has 0 heterocycles. The Labute approximate surface area is 97.8 Å². The number of hydrogen-bond donors (Lipinski definition) is 1. The Bertz CT molecular complexity index is 246. The lowest BCUT2D eigenvalue weighted by Crippen LogP contribution is -2.33. The third-order valence-electron chi connectivity index (χ3n) is 1.86. The lowest BCUT2D eigenvalue weighted by atomic mass is 10.1. The van der Waals surface area contributed by atoms with E-state index in [4.69, 9.17) is 4.74 Å². The van der Waals surface area contributed by atoms with Gasteiger partial charge in [-0.1, -0.05) is 31.2 Å². The van der Waals surface area contributed by atoms with Crippen LogP contribution in [0.5, 0.6) is 0 Å². The summed E-state index contributed by atoms with van der Waals surface area (Å²) in [5.41, 5.74) is -1.40. The Morgan fingerprint density at radius 1 is 1.25 bits per heavy atom. The highest BCUT2D eigenvalue weighted by Crippen LogP contribution is 2.04. The molecule has 92 valence electrons. The zero-order valence-corrected chi connectivity index (χ0v) is 10.4. The molecule has 0 saturated carbocycles. The number of ether oxygens (including phenoxy) is 1. The van der Waals surface area contributed by atoms with E-state index < -0.39 is 11.6 Å². The molecule has 0 spiro atoms. The van der Waals surface area contributed by atoms with Gasteiger partial charge in [-0.15, -0.1) is 0 Å². The van der Waals surface area contributed by atoms with Crippen LogP contribution in [0.1, 0.15) is 40.0 Å². The molecule has 0 aromatic carbocycles. The van der Waals surface area contributed by atoms with Crippen molar-refractivity contribution < 1.29 is 14.6 Å². The summed E-state index contributed by atoms with van der Waals surface area (Å²) in [5, 5.41) is 9.28. The van der Waals surface area contributed by atoms with E-state index in [1.54, 1.807) is 0 Å². The van der Waals surface area contributed by atoms with Crippen molar-refractivity contribution in [3.05, 3.63) is 24.3 Å². The van der Waals surface area contributed by atoms with Gasteiger partial charge in [-0.25, -0.2) is 4.79 Å². The van der Waals surface area contributed by atoms with Crippen molar-refractivity contribution in [2.75, 3.05) is 6.61 Å². The predicted octanol–water partition coefficient (Wildman–Crippen LogP) is 2.60. The molecule has 0 unspecified atom stereocenters. The maximum Gasteiger partial charge on any atom is 0.337 e. The molecule has 0 aliphatic heterocycles. The third kappa shape index (κ3) is 8.24. The van der Waals surface area contributed by atoms with Gasteiger partial charge in [-0.2, -0.15) is 0 Å². The summed E-state index contributed by atoms with van der Waals surface area (Å²) in [6, 6.07) is 0. The van der Waals surface area contributed by atoms with Crippen LogP contribution in [0, 0.1) is 0 Å². The molecule has 16 heavy (non-hydrogen) atoms. The fraction of sp³-hybridized carbons (Fsp3) is 0.615. The van der Waals surface area contributed by atoms with Crippen molar-refractivity contribution >= 4 is 5.97 Å². The minimum atomic E-state index is -1.40. The minimum Gasteiger partial charge on any atom is -0.463 e. The van der Waals surface area contributed by atoms with Gasteiger partial charge in [0.2, 0.25) is 0 Å². The number of rotatable bonds is 7. The average Bonchev–Trinajstić information content (AvgIpc) is 2.20. The van der Waals surface area contributed by atoms with Gasteiger partial charge in [0.25, 0.3) is 0 Å². The number of esters is 1. The van der Waals surface area contributed by atoms with Gasteiger partial charge in [0.1, 0.15) is 0 Å². The normalized spacial score (nSPS) is 12.5. The number of carbonyl (C=O) groups is 1. The molecule has 0 saturated heterocycles. The summed E-state index contributed by atoms with van der Waals surface area (Å²) in [4.78, 5) is 11.1. The number of aliphatic hydroxyl groups is 1. The molecular formula is C13H22O3. The van der Waals surface area contributed by atoms with Crippen LogP contribution in [0.25, 0.3) is 0 Å². The quantitative estimate of drug-likeness (QED) is 0.412. The van der Waals surface area contributed by atoms with Gasteiger partial charge < -0.3 is 9.84 Å². The molecular weight excluding hydrogens is 204 g/mol. The number of hydrogen-bond acceptors (Lipinski definition) is 3. The summed E-state index contributed by atoms with van der Waals surface area (Å²) >= 11 is 0. The molecule has 3 nitrogen and oxygen atoms in total. The van der Waals surface area contributed by atoms with Crippen LogP contribution < -0.4 is 0 Å². The maximum atomic E-state index is 11.1. The largest absolute Gasteiger partial charge is 0.463 e. The van der Waals surface area contributed by atoms with E-state index in [1.807, 2.05) is 12.2 Å². The second-order valence-corrected chi connectivity index (χ2v) is 4.07. The summed E-state index contributed by atoms with van der Waals surface area (Å²) < 4.78 is 4.88. The summed E-state index contributed by atoms with van der Waals surface area (Å²) in [5.74, 6) is -0.577. The van der Waals surface area contributed by atoms with Crippen molar-refractivity contribution in [2.45, 2.75) is 45.6 Å². The fourth-order valence-electron chi connectivity index (χ4n) is 0.952. The molecule has 0 atom stereocenters. The van der Waals surface area contributed by atoms with Gasteiger partial charge in [0.15, 0.2) is 5.60 Å². The first kappa shape index (κ1) is 14.9. The first-order valence-corrected chi connectivity index (χ1v) is 5.68. The Kier molecular flexibility index (Phi) is 7.56. The molecule has 0 rings (SSSR count). The van der Waals surface area contributed by atoms with Crippen molar-refractivity contribution in [1.82, 2.24) is 0 Å². The van der Waals surface area contributed by atoms with Crippen molar-refractivity contribution in [2.24, 2.45) is 0 Å². The zero-order valence-electron chi connectivity index (χ0n) is 10.4. The monoisotopic (exact) mass is 226 g/mol. The topological polar surface area (TPSA) is 46.5 Å². The van der Waals surface area contributed by atoms with Gasteiger partial charge in [0.05, 0.1) is 6.61 Å². The Hall–Kier alpha value is -1.09. The maximum absolute atomic E-state index is 11.1. The minimum absolute atomic E-state index is 0.316. The standard InChI is InChI=1S/C13H22O3/c1-4-5-6-7-8-9-10-11-16-12(14)13(2,3)15/h5-6,8-9,15H,4,7,10-11H2,1-3H3. The highest BCUT2D eigenvalue weighted by molar-refractivity contribution is 5.78. The van der Waals surface area contributed by atoms with Crippen LogP contribution >= 0.6 is 0 Å². The van der Waals surface area contributed by atoms with Gasteiger partial charge in [-0.3, -0.25) is 0 Å². The number of carbonyl (C=O) groups excluding carboxylic acids is 1. The summed E-state index contributed by atoms with van der Waals surface area (Å²) in [6.45, 7) is 5.24. The lowest BCUT2D eigenvalue weighted by molar-refractivity contribution is -0.161. The van der Waals surface area contributed by atoms with E-state index in [0.717, 1.165) is 12.8 Å². The zero-order chi connectivity index (χ0) is 12.4. The van der Waals surface area contributed by atoms with Crippen LogP contribution in [0.3, 0.4) is 0 Å². The first-order valence-electron chi connectivity index (χ1n) is 5.68. The molecule has 3 heteroatoms.